The highest BCUT2D eigenvalue weighted by Gasteiger charge is 2.32. The molecule has 172 valence electrons. The number of likely N-dealkylation sites (tertiary alicyclic amines) is 1. The number of amides is 3. The molecule has 0 bridgehead atoms. The summed E-state index contributed by atoms with van der Waals surface area (Å²) < 4.78 is 0. The van der Waals surface area contributed by atoms with E-state index >= 15 is 0 Å². The molecule has 2 N–H and O–H groups in total. The molecule has 0 radical (unpaired) electrons. The molecule has 2 aliphatic heterocycles. The lowest BCUT2D eigenvalue weighted by atomic mass is 10.1. The fourth-order valence-corrected chi connectivity index (χ4v) is 5.07. The molecule has 33 heavy (non-hydrogen) atoms. The number of anilines is 2. The number of aliphatic imine (C=N–C) groups is 1. The molecular formula is C26H31N5O2. The summed E-state index contributed by atoms with van der Waals surface area (Å²) in [6.45, 7) is 1.80. The quantitative estimate of drug-likeness (QED) is 0.736. The van der Waals surface area contributed by atoms with Crippen molar-refractivity contribution in [3.63, 3.8) is 0 Å². The van der Waals surface area contributed by atoms with Crippen LogP contribution < -0.4 is 15.5 Å². The first kappa shape index (κ1) is 21.5. The second-order valence-corrected chi connectivity index (χ2v) is 9.11. The zero-order valence-corrected chi connectivity index (χ0v) is 19.1. The number of likely N-dealkylation sites (N-methyl/N-ethyl adjacent to an activating group) is 1. The number of fused-ring (bicyclic) bond motifs is 2. The van der Waals surface area contributed by atoms with Crippen molar-refractivity contribution in [3.8, 4) is 0 Å². The SMILES string of the molecule is CN1C(=O)[C@H](NC(=O)Nc2ccc3c(c2)CCC3)N=C(N2CCCCCC2)c2ccccc21. The Balaban J connectivity index is 1.41. The number of nitrogens with zero attached hydrogens (tertiary/aromatic N) is 3. The summed E-state index contributed by atoms with van der Waals surface area (Å²) in [4.78, 5) is 34.9. The Morgan fingerprint density at radius 3 is 2.55 bits per heavy atom. The van der Waals surface area contributed by atoms with Crippen molar-refractivity contribution in [2.24, 2.45) is 4.99 Å². The average molecular weight is 446 g/mol. The predicted molar refractivity (Wildman–Crippen MR) is 131 cm³/mol. The van der Waals surface area contributed by atoms with Gasteiger partial charge in [-0.3, -0.25) is 4.79 Å². The van der Waals surface area contributed by atoms with Gasteiger partial charge >= 0.3 is 6.03 Å². The van der Waals surface area contributed by atoms with Crippen molar-refractivity contribution >= 4 is 29.1 Å². The third-order valence-electron chi connectivity index (χ3n) is 6.85. The Hall–Kier alpha value is -3.35. The van der Waals surface area contributed by atoms with E-state index in [0.717, 1.165) is 68.0 Å². The molecule has 0 aromatic heterocycles. The van der Waals surface area contributed by atoms with Crippen LogP contribution in [0.2, 0.25) is 0 Å². The van der Waals surface area contributed by atoms with E-state index in [1.807, 2.05) is 36.4 Å². The molecule has 1 atom stereocenters. The molecular weight excluding hydrogens is 414 g/mol. The summed E-state index contributed by atoms with van der Waals surface area (Å²) in [5.41, 5.74) is 5.12. The van der Waals surface area contributed by atoms with Gasteiger partial charge in [-0.25, -0.2) is 9.79 Å². The molecule has 1 saturated heterocycles. The van der Waals surface area contributed by atoms with Crippen LogP contribution in [0.25, 0.3) is 0 Å². The highest BCUT2D eigenvalue weighted by atomic mass is 16.2. The van der Waals surface area contributed by atoms with Gasteiger partial charge in [-0.1, -0.05) is 31.0 Å². The van der Waals surface area contributed by atoms with Crippen LogP contribution in [-0.2, 0) is 17.6 Å². The Morgan fingerprint density at radius 1 is 0.970 bits per heavy atom. The number of benzene rings is 2. The molecule has 0 saturated carbocycles. The summed E-state index contributed by atoms with van der Waals surface area (Å²) >= 11 is 0. The second kappa shape index (κ2) is 9.25. The Morgan fingerprint density at radius 2 is 1.73 bits per heavy atom. The molecule has 7 heteroatoms. The summed E-state index contributed by atoms with van der Waals surface area (Å²) in [5, 5.41) is 5.72. The maximum absolute atomic E-state index is 13.3. The predicted octanol–water partition coefficient (Wildman–Crippen LogP) is 3.92. The molecule has 0 spiro atoms. The number of urea groups is 1. The lowest BCUT2D eigenvalue weighted by molar-refractivity contribution is -0.119. The number of aryl methyl sites for hydroxylation is 2. The summed E-state index contributed by atoms with van der Waals surface area (Å²) in [7, 11) is 1.75. The van der Waals surface area contributed by atoms with E-state index in [9.17, 15) is 9.59 Å². The lowest BCUT2D eigenvalue weighted by Crippen LogP contribution is -2.47. The highest BCUT2D eigenvalue weighted by Crippen LogP contribution is 2.27. The topological polar surface area (TPSA) is 77.0 Å². The molecule has 7 nitrogen and oxygen atoms in total. The van der Waals surface area contributed by atoms with Crippen molar-refractivity contribution < 1.29 is 9.59 Å². The fraction of sp³-hybridized carbons (Fsp3) is 0.423. The maximum Gasteiger partial charge on any atom is 0.321 e. The minimum absolute atomic E-state index is 0.253. The number of carbonyl (C=O) groups excluding carboxylic acids is 2. The van der Waals surface area contributed by atoms with Crippen LogP contribution >= 0.6 is 0 Å². The zero-order valence-electron chi connectivity index (χ0n) is 19.1. The Bertz CT molecular complexity index is 1090. The maximum atomic E-state index is 13.3. The average Bonchev–Trinajstić information content (AvgIpc) is 3.08. The van der Waals surface area contributed by atoms with Crippen molar-refractivity contribution in [3.05, 3.63) is 59.2 Å². The minimum Gasteiger partial charge on any atom is -0.356 e. The van der Waals surface area contributed by atoms with Crippen molar-refractivity contribution in [2.45, 2.75) is 51.1 Å². The van der Waals surface area contributed by atoms with Crippen molar-refractivity contribution in [2.75, 3.05) is 30.4 Å². The Labute approximate surface area is 194 Å². The van der Waals surface area contributed by atoms with Gasteiger partial charge in [0.2, 0.25) is 6.17 Å². The van der Waals surface area contributed by atoms with E-state index in [-0.39, 0.29) is 5.91 Å². The smallest absolute Gasteiger partial charge is 0.321 e. The van der Waals surface area contributed by atoms with Gasteiger partial charge in [0.05, 0.1) is 5.69 Å². The van der Waals surface area contributed by atoms with Gasteiger partial charge in [0.1, 0.15) is 5.84 Å². The van der Waals surface area contributed by atoms with E-state index in [1.165, 1.54) is 24.0 Å². The molecule has 3 amide bonds. The number of hydrogen-bond acceptors (Lipinski definition) is 4. The van der Waals surface area contributed by atoms with Crippen molar-refractivity contribution in [1.82, 2.24) is 10.2 Å². The molecule has 1 aliphatic carbocycles. The normalized spacial score (nSPS) is 20.3. The third kappa shape index (κ3) is 4.45. The van der Waals surface area contributed by atoms with Crippen LogP contribution in [0.1, 0.15) is 48.8 Å². The summed E-state index contributed by atoms with van der Waals surface area (Å²) in [6, 6.07) is 13.5. The van der Waals surface area contributed by atoms with Crippen LogP contribution in [0.3, 0.4) is 0 Å². The van der Waals surface area contributed by atoms with Gasteiger partial charge in [0, 0.05) is 31.4 Å². The van der Waals surface area contributed by atoms with Crippen LogP contribution in [0.15, 0.2) is 47.5 Å². The Kier molecular flexibility index (Phi) is 6.03. The summed E-state index contributed by atoms with van der Waals surface area (Å²) in [5.74, 6) is 0.532. The molecule has 2 aromatic carbocycles. The first-order chi connectivity index (χ1) is 16.1. The standard InChI is InChI=1S/C26H31N5O2/c1-30-22-12-5-4-11-21(22)24(31-15-6-2-3-7-16-31)28-23(25(30)32)29-26(33)27-20-14-13-18-9-8-10-19(18)17-20/h4-5,11-14,17,23H,2-3,6-10,15-16H2,1H3,(H2,27,29,33)/t23-/m0/s1. The van der Waals surface area contributed by atoms with E-state index in [0.29, 0.717) is 0 Å². The summed E-state index contributed by atoms with van der Waals surface area (Å²) in [6.07, 6.45) is 6.91. The molecule has 2 aromatic rings. The van der Waals surface area contributed by atoms with Gasteiger partial charge in [-0.2, -0.15) is 0 Å². The number of benzodiazepines with no additional fused rings is 1. The molecule has 1 fully saturated rings. The van der Waals surface area contributed by atoms with Crippen LogP contribution in [0.5, 0.6) is 0 Å². The van der Waals surface area contributed by atoms with Crippen LogP contribution in [-0.4, -0.2) is 49.0 Å². The second-order valence-electron chi connectivity index (χ2n) is 9.11. The number of hydrogen-bond donors (Lipinski definition) is 2. The number of carbonyl (C=O) groups is 2. The minimum atomic E-state index is -0.991. The van der Waals surface area contributed by atoms with E-state index in [2.05, 4.69) is 21.6 Å². The molecule has 3 aliphatic rings. The first-order valence-corrected chi connectivity index (χ1v) is 12.0. The molecule has 0 unspecified atom stereocenters. The number of amidine groups is 1. The monoisotopic (exact) mass is 445 g/mol. The largest absolute Gasteiger partial charge is 0.356 e. The number of rotatable bonds is 2. The van der Waals surface area contributed by atoms with Crippen LogP contribution in [0, 0.1) is 0 Å². The highest BCUT2D eigenvalue weighted by molar-refractivity contribution is 6.12. The van der Waals surface area contributed by atoms with Crippen molar-refractivity contribution in [1.29, 1.82) is 0 Å². The number of para-hydroxylation sites is 1. The number of nitrogens with one attached hydrogen (secondary N) is 2. The zero-order chi connectivity index (χ0) is 22.8. The third-order valence-corrected chi connectivity index (χ3v) is 6.85. The van der Waals surface area contributed by atoms with E-state index < -0.39 is 12.2 Å². The van der Waals surface area contributed by atoms with Gasteiger partial charge in [-0.15, -0.1) is 0 Å². The first-order valence-electron chi connectivity index (χ1n) is 12.0. The van der Waals surface area contributed by atoms with Gasteiger partial charge in [-0.05, 0) is 67.5 Å². The fourth-order valence-electron chi connectivity index (χ4n) is 5.07. The van der Waals surface area contributed by atoms with E-state index in [4.69, 9.17) is 4.99 Å². The van der Waals surface area contributed by atoms with E-state index in [1.54, 1.807) is 11.9 Å². The van der Waals surface area contributed by atoms with Gasteiger partial charge in [0.25, 0.3) is 5.91 Å². The molecule has 2 heterocycles. The van der Waals surface area contributed by atoms with Gasteiger partial charge in [0.15, 0.2) is 0 Å². The van der Waals surface area contributed by atoms with Crippen LogP contribution in [0.4, 0.5) is 16.2 Å². The lowest BCUT2D eigenvalue weighted by Gasteiger charge is -2.26. The van der Waals surface area contributed by atoms with Gasteiger partial charge < -0.3 is 20.4 Å². The molecule has 5 rings (SSSR count).